The summed E-state index contributed by atoms with van der Waals surface area (Å²) in [6, 6.07) is 14.8. The van der Waals surface area contributed by atoms with Crippen molar-refractivity contribution in [2.24, 2.45) is 5.41 Å². The number of aryl methyl sites for hydroxylation is 2. The lowest BCUT2D eigenvalue weighted by Gasteiger charge is -2.25. The molecule has 0 radical (unpaired) electrons. The second-order valence-electron chi connectivity index (χ2n) is 8.45. The average Bonchev–Trinajstić information content (AvgIpc) is 2.52. The summed E-state index contributed by atoms with van der Waals surface area (Å²) < 4.78 is 0. The Balaban J connectivity index is 1.89. The molecule has 0 saturated carbocycles. The highest BCUT2D eigenvalue weighted by atomic mass is 16.1. The fraction of sp³-hybridized carbons (Fsp3) is 0.435. The van der Waals surface area contributed by atoms with Gasteiger partial charge in [0.05, 0.1) is 0 Å². The van der Waals surface area contributed by atoms with Gasteiger partial charge in [0.2, 0.25) is 0 Å². The molecule has 1 nitrogen and oxygen atoms in total. The lowest BCUT2D eigenvalue weighted by Crippen LogP contribution is -2.19. The van der Waals surface area contributed by atoms with E-state index < -0.39 is 0 Å². The second-order valence-corrected chi connectivity index (χ2v) is 8.45. The van der Waals surface area contributed by atoms with Gasteiger partial charge in [-0.2, -0.15) is 0 Å². The van der Waals surface area contributed by atoms with Crippen LogP contribution in [-0.4, -0.2) is 5.78 Å². The minimum atomic E-state index is 0.0271. The minimum absolute atomic E-state index is 0.0271. The first-order chi connectivity index (χ1) is 11.3. The van der Waals surface area contributed by atoms with Crippen molar-refractivity contribution < 1.29 is 4.79 Å². The van der Waals surface area contributed by atoms with Crippen LogP contribution in [0.4, 0.5) is 0 Å². The van der Waals surface area contributed by atoms with Crippen molar-refractivity contribution in [1.82, 2.24) is 0 Å². The van der Waals surface area contributed by atoms with Crippen LogP contribution in [0.3, 0.4) is 0 Å². The Bertz CT molecular complexity index is 749. The van der Waals surface area contributed by atoms with E-state index in [0.29, 0.717) is 0 Å². The predicted molar refractivity (Wildman–Crippen MR) is 101 cm³/mol. The van der Waals surface area contributed by atoms with Gasteiger partial charge in [-0.25, -0.2) is 0 Å². The maximum absolute atomic E-state index is 13.2. The molecule has 1 aliphatic rings. The molecule has 0 amide bonds. The molecule has 0 aliphatic heterocycles. The Kier molecular flexibility index (Phi) is 4.62. The highest BCUT2D eigenvalue weighted by Gasteiger charge is 2.27. The van der Waals surface area contributed by atoms with E-state index in [-0.39, 0.29) is 17.1 Å². The summed E-state index contributed by atoms with van der Waals surface area (Å²) in [4.78, 5) is 13.2. The van der Waals surface area contributed by atoms with Gasteiger partial charge < -0.3 is 0 Å². The third-order valence-corrected chi connectivity index (χ3v) is 4.88. The normalized spacial score (nSPS) is 17.4. The number of carbonyl (C=O) groups is 1. The quantitative estimate of drug-likeness (QED) is 0.645. The summed E-state index contributed by atoms with van der Waals surface area (Å²) >= 11 is 0. The van der Waals surface area contributed by atoms with E-state index in [1.54, 1.807) is 0 Å². The van der Waals surface area contributed by atoms with Crippen molar-refractivity contribution in [2.45, 2.75) is 59.3 Å². The van der Waals surface area contributed by atoms with Gasteiger partial charge in [0.25, 0.3) is 0 Å². The maximum atomic E-state index is 13.2. The van der Waals surface area contributed by atoms with Gasteiger partial charge in [-0.1, -0.05) is 62.7 Å². The van der Waals surface area contributed by atoms with Gasteiger partial charge in [0, 0.05) is 11.5 Å². The average molecular weight is 320 g/mol. The highest BCUT2D eigenvalue weighted by Crippen LogP contribution is 2.35. The lowest BCUT2D eigenvalue weighted by atomic mass is 9.78. The molecule has 0 spiro atoms. The summed E-state index contributed by atoms with van der Waals surface area (Å²) in [6.07, 6.45) is 4.17. The molecule has 126 valence electrons. The standard InChI is InChI=1S/C23H28O/c1-16-11-12-20-18(13-16)8-6-10-21(20)22(24)19-9-5-7-17(14-19)15-23(2,3)4/h5,7,9,11-14,21H,6,8,10,15H2,1-4H3. The molecule has 24 heavy (non-hydrogen) atoms. The number of ketones is 1. The maximum Gasteiger partial charge on any atom is 0.170 e. The van der Waals surface area contributed by atoms with E-state index in [4.69, 9.17) is 0 Å². The van der Waals surface area contributed by atoms with E-state index in [2.05, 4.69) is 58.0 Å². The Morgan fingerprint density at radius 2 is 1.92 bits per heavy atom. The predicted octanol–water partition coefficient (Wildman–Crippen LogP) is 5.89. The van der Waals surface area contributed by atoms with Crippen LogP contribution >= 0.6 is 0 Å². The molecule has 2 aromatic carbocycles. The molecule has 0 N–H and O–H groups in total. The molecule has 0 saturated heterocycles. The van der Waals surface area contributed by atoms with Crippen LogP contribution in [0.5, 0.6) is 0 Å². The van der Waals surface area contributed by atoms with E-state index in [1.165, 1.54) is 22.3 Å². The first-order valence-electron chi connectivity index (χ1n) is 9.06. The number of hydrogen-bond acceptors (Lipinski definition) is 1. The van der Waals surface area contributed by atoms with Gasteiger partial charge in [-0.3, -0.25) is 4.79 Å². The van der Waals surface area contributed by atoms with Gasteiger partial charge in [-0.05, 0) is 60.8 Å². The molecule has 1 atom stereocenters. The summed E-state index contributed by atoms with van der Waals surface area (Å²) in [5, 5.41) is 0. The van der Waals surface area contributed by atoms with E-state index in [9.17, 15) is 4.79 Å². The molecule has 0 aromatic heterocycles. The fourth-order valence-corrected chi connectivity index (χ4v) is 3.86. The first kappa shape index (κ1) is 17.0. The smallest absolute Gasteiger partial charge is 0.170 e. The fourth-order valence-electron chi connectivity index (χ4n) is 3.86. The number of hydrogen-bond donors (Lipinski definition) is 0. The Morgan fingerprint density at radius 3 is 2.67 bits per heavy atom. The van der Waals surface area contributed by atoms with Gasteiger partial charge in [0.15, 0.2) is 5.78 Å². The van der Waals surface area contributed by atoms with Gasteiger partial charge in [-0.15, -0.1) is 0 Å². The summed E-state index contributed by atoms with van der Waals surface area (Å²) in [5.74, 6) is 0.315. The molecule has 1 aliphatic carbocycles. The monoisotopic (exact) mass is 320 g/mol. The molecule has 2 aromatic rings. The third-order valence-electron chi connectivity index (χ3n) is 4.88. The van der Waals surface area contributed by atoms with Crippen LogP contribution in [0.15, 0.2) is 42.5 Å². The van der Waals surface area contributed by atoms with E-state index in [0.717, 1.165) is 31.2 Å². The third kappa shape index (κ3) is 3.77. The summed E-state index contributed by atoms with van der Waals surface area (Å²) in [7, 11) is 0. The molecule has 1 unspecified atom stereocenters. The molecule has 1 heteroatoms. The van der Waals surface area contributed by atoms with Gasteiger partial charge in [0.1, 0.15) is 0 Å². The lowest BCUT2D eigenvalue weighted by molar-refractivity contribution is 0.0950. The van der Waals surface area contributed by atoms with E-state index in [1.807, 2.05) is 12.1 Å². The van der Waals surface area contributed by atoms with Crippen molar-refractivity contribution in [3.05, 3.63) is 70.3 Å². The molecule has 0 heterocycles. The van der Waals surface area contributed by atoms with Crippen molar-refractivity contribution >= 4 is 5.78 Å². The molecular weight excluding hydrogens is 292 g/mol. The zero-order chi connectivity index (χ0) is 17.3. The van der Waals surface area contributed by atoms with Crippen molar-refractivity contribution in [3.8, 4) is 0 Å². The van der Waals surface area contributed by atoms with Crippen molar-refractivity contribution in [3.63, 3.8) is 0 Å². The van der Waals surface area contributed by atoms with Crippen LogP contribution in [0.1, 0.15) is 72.1 Å². The zero-order valence-corrected chi connectivity index (χ0v) is 15.4. The van der Waals surface area contributed by atoms with Gasteiger partial charge >= 0.3 is 0 Å². The van der Waals surface area contributed by atoms with Crippen LogP contribution in [0.25, 0.3) is 0 Å². The number of Topliss-reactive ketones (excluding diaryl/α,β-unsaturated/α-hetero) is 1. The van der Waals surface area contributed by atoms with Crippen molar-refractivity contribution in [1.29, 1.82) is 0 Å². The number of fused-ring (bicyclic) bond motifs is 1. The molecular formula is C23H28O. The second kappa shape index (κ2) is 6.55. The van der Waals surface area contributed by atoms with E-state index >= 15 is 0 Å². The van der Waals surface area contributed by atoms with Crippen LogP contribution in [-0.2, 0) is 12.8 Å². The number of carbonyl (C=O) groups excluding carboxylic acids is 1. The Labute approximate surface area is 146 Å². The largest absolute Gasteiger partial charge is 0.293 e. The highest BCUT2D eigenvalue weighted by molar-refractivity contribution is 6.01. The number of rotatable bonds is 3. The molecule has 0 bridgehead atoms. The topological polar surface area (TPSA) is 17.1 Å². The van der Waals surface area contributed by atoms with Crippen molar-refractivity contribution in [2.75, 3.05) is 0 Å². The zero-order valence-electron chi connectivity index (χ0n) is 15.4. The first-order valence-corrected chi connectivity index (χ1v) is 9.06. The van der Waals surface area contributed by atoms with Crippen LogP contribution < -0.4 is 0 Å². The molecule has 3 rings (SSSR count). The Hall–Kier alpha value is -1.89. The summed E-state index contributed by atoms with van der Waals surface area (Å²) in [6.45, 7) is 8.84. The number of benzene rings is 2. The Morgan fingerprint density at radius 1 is 1.12 bits per heavy atom. The van der Waals surface area contributed by atoms with Crippen LogP contribution in [0, 0.1) is 12.3 Å². The summed E-state index contributed by atoms with van der Waals surface area (Å²) in [5.41, 5.74) is 6.26. The SMILES string of the molecule is Cc1ccc2c(c1)CCCC2C(=O)c1cccc(CC(C)(C)C)c1. The molecule has 0 fully saturated rings. The van der Waals surface area contributed by atoms with Crippen LogP contribution in [0.2, 0.25) is 0 Å². The minimum Gasteiger partial charge on any atom is -0.293 e.